The number of amides is 1. The van der Waals surface area contributed by atoms with Crippen LogP contribution < -0.4 is 5.73 Å². The lowest BCUT2D eigenvalue weighted by Crippen LogP contribution is -2.43. The third-order valence-corrected chi connectivity index (χ3v) is 2.10. The summed E-state index contributed by atoms with van der Waals surface area (Å²) in [5.74, 6) is 0.103. The number of nitrogens with two attached hydrogens (primary N) is 1. The maximum atomic E-state index is 11.7. The van der Waals surface area contributed by atoms with Crippen LogP contribution in [0.3, 0.4) is 0 Å². The predicted molar refractivity (Wildman–Crippen MR) is 55.4 cm³/mol. The molecule has 0 unspecified atom stereocenters. The molecule has 0 radical (unpaired) electrons. The van der Waals surface area contributed by atoms with Crippen LogP contribution in [0.25, 0.3) is 0 Å². The van der Waals surface area contributed by atoms with Crippen molar-refractivity contribution in [2.45, 2.75) is 46.1 Å². The van der Waals surface area contributed by atoms with E-state index >= 15 is 0 Å². The summed E-state index contributed by atoms with van der Waals surface area (Å²) in [7, 11) is 0. The number of hydrogen-bond acceptors (Lipinski definition) is 2. The highest BCUT2D eigenvalue weighted by Gasteiger charge is 2.17. The highest BCUT2D eigenvalue weighted by Crippen LogP contribution is 2.00. The Morgan fingerprint density at radius 1 is 1.31 bits per heavy atom. The van der Waals surface area contributed by atoms with E-state index in [-0.39, 0.29) is 11.9 Å². The van der Waals surface area contributed by atoms with Crippen LogP contribution in [0.15, 0.2) is 0 Å². The third kappa shape index (κ3) is 4.27. The lowest BCUT2D eigenvalue weighted by molar-refractivity contribution is -0.132. The molecule has 0 aliphatic rings. The van der Waals surface area contributed by atoms with Crippen molar-refractivity contribution >= 4 is 5.91 Å². The summed E-state index contributed by atoms with van der Waals surface area (Å²) < 4.78 is 0. The zero-order chi connectivity index (χ0) is 10.3. The summed E-state index contributed by atoms with van der Waals surface area (Å²) in [6, 6.07) is -0.295. The van der Waals surface area contributed by atoms with Gasteiger partial charge in [-0.15, -0.1) is 0 Å². The molecule has 13 heavy (non-hydrogen) atoms. The van der Waals surface area contributed by atoms with Gasteiger partial charge in [0, 0.05) is 13.1 Å². The van der Waals surface area contributed by atoms with Crippen molar-refractivity contribution in [1.82, 2.24) is 4.90 Å². The van der Waals surface area contributed by atoms with Gasteiger partial charge >= 0.3 is 0 Å². The number of hydrogen-bond donors (Lipinski definition) is 1. The molecule has 0 fully saturated rings. The molecule has 0 saturated heterocycles. The van der Waals surface area contributed by atoms with Crippen LogP contribution in [0.1, 0.15) is 40.0 Å². The standard InChI is InChI=1S/C10H22N2O/c1-4-7-9(11)10(13)12(6-3)8-5-2/h9H,4-8,11H2,1-3H3/t9-/m1/s1. The Bertz CT molecular complexity index is 148. The van der Waals surface area contributed by atoms with Crippen molar-refractivity contribution in [2.75, 3.05) is 13.1 Å². The second kappa shape index (κ2) is 6.89. The highest BCUT2D eigenvalue weighted by molar-refractivity contribution is 5.81. The lowest BCUT2D eigenvalue weighted by atomic mass is 10.1. The summed E-state index contributed by atoms with van der Waals surface area (Å²) in [6.07, 6.45) is 2.76. The summed E-state index contributed by atoms with van der Waals surface area (Å²) in [4.78, 5) is 13.5. The van der Waals surface area contributed by atoms with Gasteiger partial charge in [0.1, 0.15) is 0 Å². The average Bonchev–Trinajstić information content (AvgIpc) is 2.13. The minimum Gasteiger partial charge on any atom is -0.342 e. The van der Waals surface area contributed by atoms with Crippen LogP contribution in [0.4, 0.5) is 0 Å². The van der Waals surface area contributed by atoms with Gasteiger partial charge in [-0.25, -0.2) is 0 Å². The maximum absolute atomic E-state index is 11.7. The molecule has 0 bridgehead atoms. The minimum atomic E-state index is -0.295. The fraction of sp³-hybridized carbons (Fsp3) is 0.900. The quantitative estimate of drug-likeness (QED) is 0.681. The van der Waals surface area contributed by atoms with Crippen LogP contribution in [-0.2, 0) is 4.79 Å². The van der Waals surface area contributed by atoms with Gasteiger partial charge in [0.25, 0.3) is 0 Å². The summed E-state index contributed by atoms with van der Waals surface area (Å²) in [5.41, 5.74) is 5.74. The fourth-order valence-electron chi connectivity index (χ4n) is 1.36. The first-order valence-electron chi connectivity index (χ1n) is 5.21. The van der Waals surface area contributed by atoms with Crippen LogP contribution in [-0.4, -0.2) is 29.9 Å². The Kier molecular flexibility index (Phi) is 6.59. The maximum Gasteiger partial charge on any atom is 0.239 e. The van der Waals surface area contributed by atoms with Crippen molar-refractivity contribution < 1.29 is 4.79 Å². The van der Waals surface area contributed by atoms with Crippen LogP contribution >= 0.6 is 0 Å². The van der Waals surface area contributed by atoms with Crippen molar-refractivity contribution in [3.63, 3.8) is 0 Å². The Labute approximate surface area is 81.3 Å². The predicted octanol–water partition coefficient (Wildman–Crippen LogP) is 1.37. The molecule has 0 aliphatic heterocycles. The van der Waals surface area contributed by atoms with Gasteiger partial charge in [-0.05, 0) is 19.8 Å². The average molecular weight is 186 g/mol. The second-order valence-corrected chi connectivity index (χ2v) is 3.31. The van der Waals surface area contributed by atoms with Crippen molar-refractivity contribution in [2.24, 2.45) is 5.73 Å². The van der Waals surface area contributed by atoms with E-state index in [1.165, 1.54) is 0 Å². The molecule has 1 atom stereocenters. The fourth-order valence-corrected chi connectivity index (χ4v) is 1.36. The molecule has 1 amide bonds. The monoisotopic (exact) mass is 186 g/mol. The van der Waals surface area contributed by atoms with E-state index < -0.39 is 0 Å². The van der Waals surface area contributed by atoms with Gasteiger partial charge in [-0.3, -0.25) is 4.79 Å². The van der Waals surface area contributed by atoms with Gasteiger partial charge in [0.15, 0.2) is 0 Å². The number of rotatable bonds is 6. The highest BCUT2D eigenvalue weighted by atomic mass is 16.2. The normalized spacial score (nSPS) is 12.6. The first-order chi connectivity index (χ1) is 6.17. The van der Waals surface area contributed by atoms with Crippen LogP contribution in [0, 0.1) is 0 Å². The summed E-state index contributed by atoms with van der Waals surface area (Å²) >= 11 is 0. The zero-order valence-corrected chi connectivity index (χ0v) is 9.05. The molecule has 78 valence electrons. The van der Waals surface area contributed by atoms with Gasteiger partial charge in [-0.2, -0.15) is 0 Å². The number of carbonyl (C=O) groups is 1. The molecule has 0 saturated carbocycles. The first-order valence-corrected chi connectivity index (χ1v) is 5.21. The molecule has 0 spiro atoms. The van der Waals surface area contributed by atoms with Gasteiger partial charge in [0.2, 0.25) is 5.91 Å². The Hall–Kier alpha value is -0.570. The molecule has 0 rings (SSSR count). The van der Waals surface area contributed by atoms with Gasteiger partial charge in [0.05, 0.1) is 6.04 Å². The zero-order valence-electron chi connectivity index (χ0n) is 9.05. The smallest absolute Gasteiger partial charge is 0.239 e. The molecular weight excluding hydrogens is 164 g/mol. The molecule has 0 aliphatic carbocycles. The van der Waals surface area contributed by atoms with E-state index in [0.29, 0.717) is 0 Å². The number of nitrogens with zero attached hydrogens (tertiary/aromatic N) is 1. The molecule has 2 N–H and O–H groups in total. The Balaban J connectivity index is 4.02. The molecule has 0 aromatic heterocycles. The number of carbonyl (C=O) groups excluding carboxylic acids is 1. The molecule has 3 nitrogen and oxygen atoms in total. The summed E-state index contributed by atoms with van der Waals surface area (Å²) in [5, 5.41) is 0. The Morgan fingerprint density at radius 3 is 2.31 bits per heavy atom. The molecule has 0 aromatic rings. The SMILES string of the molecule is CCC[C@@H](N)C(=O)N(CC)CCC. The van der Waals surface area contributed by atoms with Crippen molar-refractivity contribution in [3.05, 3.63) is 0 Å². The molecule has 0 heterocycles. The van der Waals surface area contributed by atoms with Crippen LogP contribution in [0.5, 0.6) is 0 Å². The first kappa shape index (κ1) is 12.4. The van der Waals surface area contributed by atoms with E-state index in [4.69, 9.17) is 5.73 Å². The summed E-state index contributed by atoms with van der Waals surface area (Å²) in [6.45, 7) is 7.70. The van der Waals surface area contributed by atoms with Gasteiger partial charge in [-0.1, -0.05) is 20.3 Å². The lowest BCUT2D eigenvalue weighted by Gasteiger charge is -2.23. The van der Waals surface area contributed by atoms with Crippen molar-refractivity contribution in [1.29, 1.82) is 0 Å². The van der Waals surface area contributed by atoms with E-state index in [2.05, 4.69) is 6.92 Å². The largest absolute Gasteiger partial charge is 0.342 e. The van der Waals surface area contributed by atoms with E-state index in [9.17, 15) is 4.79 Å². The van der Waals surface area contributed by atoms with E-state index in [0.717, 1.165) is 32.4 Å². The molecule has 0 aromatic carbocycles. The molecular formula is C10H22N2O. The van der Waals surface area contributed by atoms with Crippen LogP contribution in [0.2, 0.25) is 0 Å². The molecule has 3 heteroatoms. The Morgan fingerprint density at radius 2 is 1.92 bits per heavy atom. The second-order valence-electron chi connectivity index (χ2n) is 3.31. The minimum absolute atomic E-state index is 0.103. The van der Waals surface area contributed by atoms with E-state index in [1.54, 1.807) is 0 Å². The van der Waals surface area contributed by atoms with Gasteiger partial charge < -0.3 is 10.6 Å². The van der Waals surface area contributed by atoms with E-state index in [1.807, 2.05) is 18.7 Å². The number of likely N-dealkylation sites (N-methyl/N-ethyl adjacent to an activating group) is 1. The third-order valence-electron chi connectivity index (χ3n) is 2.10. The topological polar surface area (TPSA) is 46.3 Å². The van der Waals surface area contributed by atoms with Crippen molar-refractivity contribution in [3.8, 4) is 0 Å².